The van der Waals surface area contributed by atoms with Gasteiger partial charge in [0.2, 0.25) is 12.7 Å². The van der Waals surface area contributed by atoms with Crippen LogP contribution in [0.5, 0.6) is 11.5 Å². The Morgan fingerprint density at radius 2 is 1.84 bits per heavy atom. The van der Waals surface area contributed by atoms with E-state index < -0.39 is 0 Å². The van der Waals surface area contributed by atoms with Crippen LogP contribution in [0.1, 0.15) is 56.3 Å². The smallest absolute Gasteiger partial charge is 0.290 e. The van der Waals surface area contributed by atoms with Gasteiger partial charge in [0.25, 0.3) is 12.4 Å². The minimum Gasteiger partial charge on any atom is -0.483 e. The average Bonchev–Trinajstić information content (AvgIpc) is 3.31. The Hall–Kier alpha value is -2.81. The molecule has 32 heavy (non-hydrogen) atoms. The van der Waals surface area contributed by atoms with Crippen LogP contribution in [0.15, 0.2) is 18.2 Å². The molecule has 3 N–H and O–H groups in total. The molecule has 2 fully saturated rings. The number of ether oxygens (including phenoxy) is 2. The van der Waals surface area contributed by atoms with Crippen molar-refractivity contribution in [2.45, 2.75) is 64.1 Å². The molecular weight excluding hydrogens is 414 g/mol. The van der Waals surface area contributed by atoms with Crippen LogP contribution in [0.2, 0.25) is 0 Å². The molecule has 0 spiro atoms. The summed E-state index contributed by atoms with van der Waals surface area (Å²) in [4.78, 5) is 35.7. The quantitative estimate of drug-likeness (QED) is 0.522. The van der Waals surface area contributed by atoms with Gasteiger partial charge >= 0.3 is 0 Å². The van der Waals surface area contributed by atoms with Crippen LogP contribution < -0.4 is 20.1 Å². The largest absolute Gasteiger partial charge is 0.483 e. The van der Waals surface area contributed by atoms with Gasteiger partial charge in [-0.2, -0.15) is 0 Å². The first kappa shape index (κ1) is 23.8. The maximum absolute atomic E-state index is 12.6. The van der Waals surface area contributed by atoms with Crippen molar-refractivity contribution in [2.75, 3.05) is 19.9 Å². The third-order valence-electron chi connectivity index (χ3n) is 5.94. The highest BCUT2D eigenvalue weighted by Gasteiger charge is 2.38. The van der Waals surface area contributed by atoms with Gasteiger partial charge in [-0.05, 0) is 63.6 Å². The molecule has 1 aromatic carbocycles. The predicted molar refractivity (Wildman–Crippen MR) is 118 cm³/mol. The Bertz CT molecular complexity index is 811. The standard InChI is InChI=1S/C22H31N3O4.CH2O2/c1-14(2)24-21(26)10-17-6-7-18(25(17)12-15-3-4-15)11-23-22(27)16-5-8-19-20(9-16)29-13-28-19;2-1-3/h5,8-9,14-15,17-18H,3-4,6-7,10-13H2,1-2H3,(H,23,27)(H,24,26);1H,(H,2,3)/t17-,18+;/m1./s1. The minimum absolute atomic E-state index is 0.101. The molecular formula is C23H33N3O6. The van der Waals surface area contributed by atoms with E-state index in [1.807, 2.05) is 13.8 Å². The third kappa shape index (κ3) is 6.59. The van der Waals surface area contributed by atoms with E-state index in [0.29, 0.717) is 30.0 Å². The monoisotopic (exact) mass is 447 g/mol. The zero-order valence-corrected chi connectivity index (χ0v) is 18.7. The lowest BCUT2D eigenvalue weighted by molar-refractivity contribution is -0.123. The van der Waals surface area contributed by atoms with E-state index in [4.69, 9.17) is 19.4 Å². The molecule has 0 bridgehead atoms. The number of fused-ring (bicyclic) bond motifs is 1. The summed E-state index contributed by atoms with van der Waals surface area (Å²) in [5.74, 6) is 2.06. The van der Waals surface area contributed by atoms with Gasteiger partial charge in [-0.1, -0.05) is 0 Å². The van der Waals surface area contributed by atoms with E-state index in [1.54, 1.807) is 18.2 Å². The van der Waals surface area contributed by atoms with E-state index in [0.717, 1.165) is 25.3 Å². The second kappa shape index (κ2) is 11.2. The molecule has 1 aromatic rings. The maximum Gasteiger partial charge on any atom is 0.290 e. The van der Waals surface area contributed by atoms with Gasteiger partial charge in [-0.3, -0.25) is 19.3 Å². The summed E-state index contributed by atoms with van der Waals surface area (Å²) < 4.78 is 10.7. The molecule has 1 saturated carbocycles. The van der Waals surface area contributed by atoms with Crippen molar-refractivity contribution in [1.82, 2.24) is 15.5 Å². The molecule has 1 aliphatic carbocycles. The summed E-state index contributed by atoms with van der Waals surface area (Å²) >= 11 is 0. The molecule has 2 heterocycles. The molecule has 3 aliphatic rings. The van der Waals surface area contributed by atoms with Crippen molar-refractivity contribution >= 4 is 18.3 Å². The fourth-order valence-electron chi connectivity index (χ4n) is 4.30. The van der Waals surface area contributed by atoms with Crippen LogP contribution >= 0.6 is 0 Å². The van der Waals surface area contributed by atoms with Gasteiger partial charge < -0.3 is 25.2 Å². The number of rotatable bonds is 8. The Morgan fingerprint density at radius 3 is 2.53 bits per heavy atom. The number of nitrogens with one attached hydrogen (secondary N) is 2. The number of benzene rings is 1. The predicted octanol–water partition coefficient (Wildman–Crippen LogP) is 2.00. The summed E-state index contributed by atoms with van der Waals surface area (Å²) in [7, 11) is 0. The topological polar surface area (TPSA) is 117 Å². The first-order chi connectivity index (χ1) is 15.4. The molecule has 1 saturated heterocycles. The number of carbonyl (C=O) groups excluding carboxylic acids is 2. The van der Waals surface area contributed by atoms with Crippen LogP contribution in [-0.2, 0) is 9.59 Å². The summed E-state index contributed by atoms with van der Waals surface area (Å²) in [6.07, 6.45) is 5.10. The van der Waals surface area contributed by atoms with E-state index in [9.17, 15) is 9.59 Å². The molecule has 9 heteroatoms. The minimum atomic E-state index is -0.250. The number of hydrogen-bond donors (Lipinski definition) is 3. The Balaban J connectivity index is 0.000000913. The van der Waals surface area contributed by atoms with Gasteiger partial charge in [-0.25, -0.2) is 0 Å². The number of hydrogen-bond acceptors (Lipinski definition) is 6. The number of likely N-dealkylation sites (tertiary alicyclic amines) is 1. The third-order valence-corrected chi connectivity index (χ3v) is 5.94. The molecule has 2 aliphatic heterocycles. The second-order valence-electron chi connectivity index (χ2n) is 8.83. The number of carbonyl (C=O) groups is 3. The van der Waals surface area contributed by atoms with Crippen LogP contribution in [0.4, 0.5) is 0 Å². The molecule has 176 valence electrons. The van der Waals surface area contributed by atoms with Gasteiger partial charge in [-0.15, -0.1) is 0 Å². The fourth-order valence-corrected chi connectivity index (χ4v) is 4.30. The van der Waals surface area contributed by atoms with Gasteiger partial charge in [0.1, 0.15) is 0 Å². The van der Waals surface area contributed by atoms with E-state index in [1.165, 1.54) is 12.8 Å². The van der Waals surface area contributed by atoms with Crippen molar-refractivity contribution in [3.8, 4) is 11.5 Å². The lowest BCUT2D eigenvalue weighted by atomic mass is 10.1. The highest BCUT2D eigenvalue weighted by molar-refractivity contribution is 5.95. The van der Waals surface area contributed by atoms with Gasteiger partial charge in [0.15, 0.2) is 11.5 Å². The van der Waals surface area contributed by atoms with E-state index >= 15 is 0 Å². The normalized spacial score (nSPS) is 21.6. The van der Waals surface area contributed by atoms with Gasteiger partial charge in [0, 0.05) is 43.2 Å². The zero-order valence-electron chi connectivity index (χ0n) is 18.7. The second-order valence-corrected chi connectivity index (χ2v) is 8.83. The Labute approximate surface area is 188 Å². The van der Waals surface area contributed by atoms with Crippen molar-refractivity contribution in [3.63, 3.8) is 0 Å². The van der Waals surface area contributed by atoms with Gasteiger partial charge in [0.05, 0.1) is 0 Å². The molecule has 2 atom stereocenters. The molecule has 2 amide bonds. The summed E-state index contributed by atoms with van der Waals surface area (Å²) in [5.41, 5.74) is 0.578. The molecule has 4 rings (SSSR count). The molecule has 0 aromatic heterocycles. The Kier molecular flexibility index (Phi) is 8.33. The number of nitrogens with zero attached hydrogens (tertiary/aromatic N) is 1. The van der Waals surface area contributed by atoms with Crippen molar-refractivity contribution in [1.29, 1.82) is 0 Å². The first-order valence-electron chi connectivity index (χ1n) is 11.2. The number of carboxylic acid groups (broad SMARTS) is 1. The lowest BCUT2D eigenvalue weighted by Crippen LogP contribution is -2.46. The summed E-state index contributed by atoms with van der Waals surface area (Å²) in [5, 5.41) is 13.0. The zero-order chi connectivity index (χ0) is 23.1. The van der Waals surface area contributed by atoms with Crippen LogP contribution in [0.3, 0.4) is 0 Å². The fraction of sp³-hybridized carbons (Fsp3) is 0.609. The highest BCUT2D eigenvalue weighted by Crippen LogP contribution is 2.35. The summed E-state index contributed by atoms with van der Waals surface area (Å²) in [6.45, 7) is 5.56. The van der Waals surface area contributed by atoms with E-state index in [2.05, 4.69) is 15.5 Å². The molecule has 0 unspecified atom stereocenters. The SMILES string of the molecule is CC(C)NC(=O)C[C@H]1CC[C@@H](CNC(=O)c2ccc3c(c2)OCO3)N1CC1CC1.O=CO. The van der Waals surface area contributed by atoms with Crippen molar-refractivity contribution < 1.29 is 29.0 Å². The van der Waals surface area contributed by atoms with Crippen molar-refractivity contribution in [2.24, 2.45) is 5.92 Å². The van der Waals surface area contributed by atoms with Crippen molar-refractivity contribution in [3.05, 3.63) is 23.8 Å². The van der Waals surface area contributed by atoms with Crippen LogP contribution in [-0.4, -0.2) is 66.3 Å². The Morgan fingerprint density at radius 1 is 1.16 bits per heavy atom. The van der Waals surface area contributed by atoms with Crippen LogP contribution in [0.25, 0.3) is 0 Å². The van der Waals surface area contributed by atoms with Crippen LogP contribution in [0, 0.1) is 5.92 Å². The first-order valence-corrected chi connectivity index (χ1v) is 11.2. The molecule has 0 radical (unpaired) electrons. The number of amides is 2. The average molecular weight is 448 g/mol. The maximum atomic E-state index is 12.6. The van der Waals surface area contributed by atoms with E-state index in [-0.39, 0.29) is 43.2 Å². The summed E-state index contributed by atoms with van der Waals surface area (Å²) in [6, 6.07) is 5.98. The highest BCUT2D eigenvalue weighted by atomic mass is 16.7. The molecule has 9 nitrogen and oxygen atoms in total. The lowest BCUT2D eigenvalue weighted by Gasteiger charge is -2.30.